The van der Waals surface area contributed by atoms with E-state index in [1.54, 1.807) is 7.11 Å². The minimum absolute atomic E-state index is 0.166. The van der Waals surface area contributed by atoms with Gasteiger partial charge in [-0.05, 0) is 49.2 Å². The summed E-state index contributed by atoms with van der Waals surface area (Å²) in [5.74, 6) is 0.855. The molecule has 2 heterocycles. The quantitative estimate of drug-likeness (QED) is 0.726. The Kier molecular flexibility index (Phi) is 4.51. The van der Waals surface area contributed by atoms with Crippen molar-refractivity contribution in [3.8, 4) is 5.75 Å². The number of likely N-dealkylation sites (N-methyl/N-ethyl adjacent to an activating group) is 1. The number of ether oxygens (including phenoxy) is 1. The van der Waals surface area contributed by atoms with Crippen LogP contribution < -0.4 is 10.3 Å². The largest absolute Gasteiger partial charge is 0.497 e. The molecule has 0 bridgehead atoms. The Balaban J connectivity index is 1.74. The van der Waals surface area contributed by atoms with E-state index in [0.717, 1.165) is 42.8 Å². The van der Waals surface area contributed by atoms with E-state index >= 15 is 0 Å². The van der Waals surface area contributed by atoms with Crippen LogP contribution in [0.25, 0.3) is 10.9 Å². The summed E-state index contributed by atoms with van der Waals surface area (Å²) in [7, 11) is 3.75. The molecule has 1 aromatic heterocycles. The van der Waals surface area contributed by atoms with Crippen molar-refractivity contribution >= 4 is 10.9 Å². The molecule has 4 rings (SSSR count). The zero-order chi connectivity index (χ0) is 18.1. The summed E-state index contributed by atoms with van der Waals surface area (Å²) in [6.07, 6.45) is 1.77. The molecule has 1 aliphatic heterocycles. The average Bonchev–Trinajstić information content (AvgIpc) is 2.68. The lowest BCUT2D eigenvalue weighted by atomic mass is 9.96. The Morgan fingerprint density at radius 1 is 1.04 bits per heavy atom. The minimum Gasteiger partial charge on any atom is -0.497 e. The zero-order valence-corrected chi connectivity index (χ0v) is 15.4. The molecule has 1 aliphatic rings. The van der Waals surface area contributed by atoms with Gasteiger partial charge in [-0.1, -0.05) is 30.3 Å². The number of fused-ring (bicyclic) bond motifs is 3. The summed E-state index contributed by atoms with van der Waals surface area (Å²) in [4.78, 5) is 15.4. The van der Waals surface area contributed by atoms with Crippen LogP contribution >= 0.6 is 0 Å². The molecule has 0 saturated carbocycles. The second kappa shape index (κ2) is 6.96. The van der Waals surface area contributed by atoms with E-state index in [1.807, 2.05) is 22.8 Å². The molecule has 0 N–H and O–H groups in total. The molecule has 3 aromatic rings. The normalized spacial score (nSPS) is 14.4. The Labute approximate surface area is 153 Å². The van der Waals surface area contributed by atoms with E-state index in [1.165, 1.54) is 16.5 Å². The van der Waals surface area contributed by atoms with E-state index in [4.69, 9.17) is 4.74 Å². The Hall–Kier alpha value is -2.59. The third kappa shape index (κ3) is 3.01. The molecule has 0 aliphatic carbocycles. The summed E-state index contributed by atoms with van der Waals surface area (Å²) in [6, 6.07) is 16.4. The maximum atomic E-state index is 13.2. The van der Waals surface area contributed by atoms with Crippen LogP contribution in [0.1, 0.15) is 16.7 Å². The van der Waals surface area contributed by atoms with Gasteiger partial charge in [-0.3, -0.25) is 4.79 Å². The van der Waals surface area contributed by atoms with E-state index in [2.05, 4.69) is 42.3 Å². The molecule has 134 valence electrons. The predicted octanol–water partition coefficient (Wildman–Crippen LogP) is 3.24. The van der Waals surface area contributed by atoms with Crippen LogP contribution in [0.5, 0.6) is 5.75 Å². The first kappa shape index (κ1) is 16.9. The maximum absolute atomic E-state index is 13.2. The van der Waals surface area contributed by atoms with E-state index < -0.39 is 0 Å². The van der Waals surface area contributed by atoms with Gasteiger partial charge < -0.3 is 14.2 Å². The van der Waals surface area contributed by atoms with Crippen molar-refractivity contribution in [3.63, 3.8) is 0 Å². The molecule has 26 heavy (non-hydrogen) atoms. The van der Waals surface area contributed by atoms with Crippen molar-refractivity contribution < 1.29 is 4.74 Å². The number of hydrogen-bond acceptors (Lipinski definition) is 3. The summed E-state index contributed by atoms with van der Waals surface area (Å²) in [5, 5.41) is 1.23. The van der Waals surface area contributed by atoms with Gasteiger partial charge in [0.15, 0.2) is 0 Å². The first-order valence-corrected chi connectivity index (χ1v) is 9.12. The van der Waals surface area contributed by atoms with Crippen LogP contribution in [0.15, 0.2) is 53.3 Å². The van der Waals surface area contributed by atoms with Crippen LogP contribution in [0, 0.1) is 0 Å². The van der Waals surface area contributed by atoms with Gasteiger partial charge in [-0.2, -0.15) is 0 Å². The molecule has 0 atom stereocenters. The first-order chi connectivity index (χ1) is 12.7. The van der Waals surface area contributed by atoms with E-state index in [-0.39, 0.29) is 5.56 Å². The van der Waals surface area contributed by atoms with Gasteiger partial charge in [0.05, 0.1) is 12.6 Å². The SMILES string of the molecule is COc1ccc(CCn2c(=O)c3c(c4ccccc42)CCN(C)C3)cc1. The molecule has 0 radical (unpaired) electrons. The molecule has 0 spiro atoms. The number of aromatic nitrogens is 1. The van der Waals surface area contributed by atoms with Crippen LogP contribution in [-0.2, 0) is 25.9 Å². The van der Waals surface area contributed by atoms with Crippen LogP contribution in [0.2, 0.25) is 0 Å². The van der Waals surface area contributed by atoms with Gasteiger partial charge >= 0.3 is 0 Å². The molecule has 0 amide bonds. The molecule has 0 saturated heterocycles. The summed E-state index contributed by atoms with van der Waals surface area (Å²) in [6.45, 7) is 2.43. The van der Waals surface area contributed by atoms with Crippen LogP contribution in [0.4, 0.5) is 0 Å². The Morgan fingerprint density at radius 3 is 2.58 bits per heavy atom. The average molecular weight is 348 g/mol. The number of para-hydroxylation sites is 1. The van der Waals surface area contributed by atoms with Crippen LogP contribution in [0.3, 0.4) is 0 Å². The highest BCUT2D eigenvalue weighted by atomic mass is 16.5. The molecular weight excluding hydrogens is 324 g/mol. The second-order valence-corrected chi connectivity index (χ2v) is 7.02. The fourth-order valence-corrected chi connectivity index (χ4v) is 3.88. The summed E-state index contributed by atoms with van der Waals surface area (Å²) >= 11 is 0. The zero-order valence-electron chi connectivity index (χ0n) is 15.4. The van der Waals surface area contributed by atoms with Gasteiger partial charge in [-0.15, -0.1) is 0 Å². The van der Waals surface area contributed by atoms with Crippen molar-refractivity contribution in [3.05, 3.63) is 75.6 Å². The lowest BCUT2D eigenvalue weighted by Crippen LogP contribution is -2.35. The molecule has 0 unspecified atom stereocenters. The second-order valence-electron chi connectivity index (χ2n) is 7.02. The Bertz CT molecular complexity index is 989. The van der Waals surface area contributed by atoms with Crippen molar-refractivity contribution in [2.24, 2.45) is 0 Å². The maximum Gasteiger partial charge on any atom is 0.255 e. The van der Waals surface area contributed by atoms with Crippen molar-refractivity contribution in [1.82, 2.24) is 9.47 Å². The number of nitrogens with zero attached hydrogens (tertiary/aromatic N) is 2. The number of rotatable bonds is 4. The lowest BCUT2D eigenvalue weighted by Gasteiger charge is -2.27. The highest BCUT2D eigenvalue weighted by Crippen LogP contribution is 2.25. The standard InChI is InChI=1S/C22H24N2O2/c1-23-13-12-18-19-5-3-4-6-21(19)24(22(25)20(18)15-23)14-11-16-7-9-17(26-2)10-8-16/h3-10H,11-15H2,1-2H3. The monoisotopic (exact) mass is 348 g/mol. The Morgan fingerprint density at radius 2 is 1.81 bits per heavy atom. The predicted molar refractivity (Wildman–Crippen MR) is 105 cm³/mol. The van der Waals surface area contributed by atoms with Gasteiger partial charge in [0.1, 0.15) is 5.75 Å². The van der Waals surface area contributed by atoms with Crippen LogP contribution in [-0.4, -0.2) is 30.2 Å². The fourth-order valence-electron chi connectivity index (χ4n) is 3.88. The highest BCUT2D eigenvalue weighted by molar-refractivity contribution is 5.84. The van der Waals surface area contributed by atoms with Crippen molar-refractivity contribution in [2.75, 3.05) is 20.7 Å². The van der Waals surface area contributed by atoms with Gasteiger partial charge in [-0.25, -0.2) is 0 Å². The summed E-state index contributed by atoms with van der Waals surface area (Å²) < 4.78 is 7.18. The topological polar surface area (TPSA) is 34.5 Å². The molecule has 0 fully saturated rings. The lowest BCUT2D eigenvalue weighted by molar-refractivity contribution is 0.311. The molecule has 4 heteroatoms. The minimum atomic E-state index is 0.166. The summed E-state index contributed by atoms with van der Waals surface area (Å²) in [5.41, 5.74) is 4.63. The third-order valence-corrected chi connectivity index (χ3v) is 5.34. The van der Waals surface area contributed by atoms with Gasteiger partial charge in [0.25, 0.3) is 5.56 Å². The number of methoxy groups -OCH3 is 1. The molecular formula is C22H24N2O2. The van der Waals surface area contributed by atoms with Gasteiger partial charge in [0, 0.05) is 30.6 Å². The first-order valence-electron chi connectivity index (χ1n) is 9.12. The van der Waals surface area contributed by atoms with Crippen molar-refractivity contribution in [2.45, 2.75) is 25.9 Å². The fraction of sp³-hybridized carbons (Fsp3) is 0.318. The number of hydrogen-bond donors (Lipinski definition) is 0. The highest BCUT2D eigenvalue weighted by Gasteiger charge is 2.21. The number of aryl methyl sites for hydroxylation is 2. The molecule has 2 aromatic carbocycles. The third-order valence-electron chi connectivity index (χ3n) is 5.34. The van der Waals surface area contributed by atoms with E-state index in [0.29, 0.717) is 6.54 Å². The number of benzene rings is 2. The molecule has 4 nitrogen and oxygen atoms in total. The van der Waals surface area contributed by atoms with E-state index in [9.17, 15) is 4.79 Å². The number of pyridine rings is 1. The smallest absolute Gasteiger partial charge is 0.255 e. The van der Waals surface area contributed by atoms with Crippen molar-refractivity contribution in [1.29, 1.82) is 0 Å². The van der Waals surface area contributed by atoms with Gasteiger partial charge in [0.2, 0.25) is 0 Å².